The van der Waals surface area contributed by atoms with Crippen molar-refractivity contribution in [1.29, 1.82) is 0 Å². The highest BCUT2D eigenvalue weighted by Crippen LogP contribution is 2.17. The van der Waals surface area contributed by atoms with Gasteiger partial charge in [0.15, 0.2) is 0 Å². The predicted molar refractivity (Wildman–Crippen MR) is 96.6 cm³/mol. The maximum atomic E-state index is 11.9. The molecule has 0 aromatic heterocycles. The number of ether oxygens (including phenoxy) is 1. The number of benzene rings is 1. The van der Waals surface area contributed by atoms with E-state index in [1.54, 1.807) is 24.3 Å². The third kappa shape index (κ3) is 8.31. The minimum atomic E-state index is -3.36. The van der Waals surface area contributed by atoms with Gasteiger partial charge in [-0.05, 0) is 38.8 Å². The molecule has 1 N–H and O–H groups in total. The highest BCUT2D eigenvalue weighted by molar-refractivity contribution is 7.92. The summed E-state index contributed by atoms with van der Waals surface area (Å²) in [5.41, 5.74) is 0.617. The summed E-state index contributed by atoms with van der Waals surface area (Å²) in [4.78, 5) is 11.8. The van der Waals surface area contributed by atoms with Crippen molar-refractivity contribution in [3.63, 3.8) is 0 Å². The molecule has 0 saturated heterocycles. The van der Waals surface area contributed by atoms with Crippen molar-refractivity contribution in [1.82, 2.24) is 5.32 Å². The fraction of sp³-hybridized carbons (Fsp3) is 0.588. The zero-order valence-corrected chi connectivity index (χ0v) is 15.5. The monoisotopic (exact) mass is 356 g/mol. The lowest BCUT2D eigenvalue weighted by Crippen LogP contribution is -2.32. The van der Waals surface area contributed by atoms with Crippen LogP contribution in [0.3, 0.4) is 0 Å². The standard InChI is InChI=1S/C17H28N2O4S/c1-15(2)23-14-8-12-18-17(20)11-7-13-19(24(3,21)22)16-9-5-4-6-10-16/h4-6,9-10,15H,7-8,11-14H2,1-3H3,(H,18,20). The second-order valence-electron chi connectivity index (χ2n) is 5.90. The van der Waals surface area contributed by atoms with E-state index in [0.717, 1.165) is 6.42 Å². The zero-order valence-electron chi connectivity index (χ0n) is 14.7. The van der Waals surface area contributed by atoms with E-state index in [1.807, 2.05) is 19.9 Å². The first-order valence-electron chi connectivity index (χ1n) is 8.21. The van der Waals surface area contributed by atoms with Crippen molar-refractivity contribution in [2.75, 3.05) is 30.3 Å². The summed E-state index contributed by atoms with van der Waals surface area (Å²) >= 11 is 0. The van der Waals surface area contributed by atoms with Gasteiger partial charge in [0.2, 0.25) is 15.9 Å². The summed E-state index contributed by atoms with van der Waals surface area (Å²) in [5.74, 6) is -0.0685. The van der Waals surface area contributed by atoms with Crippen molar-refractivity contribution in [3.05, 3.63) is 30.3 Å². The molecule has 1 amide bonds. The first-order valence-corrected chi connectivity index (χ1v) is 10.1. The maximum Gasteiger partial charge on any atom is 0.232 e. The highest BCUT2D eigenvalue weighted by Gasteiger charge is 2.17. The Bertz CT molecular complexity index is 588. The molecule has 0 radical (unpaired) electrons. The van der Waals surface area contributed by atoms with Crippen LogP contribution < -0.4 is 9.62 Å². The van der Waals surface area contributed by atoms with Gasteiger partial charge in [0.25, 0.3) is 0 Å². The number of carbonyl (C=O) groups is 1. The third-order valence-electron chi connectivity index (χ3n) is 3.30. The normalized spacial score (nSPS) is 11.5. The van der Waals surface area contributed by atoms with Crippen molar-refractivity contribution < 1.29 is 17.9 Å². The SMILES string of the molecule is CC(C)OCCCNC(=O)CCCN(c1ccccc1)S(C)(=O)=O. The molecule has 6 nitrogen and oxygen atoms in total. The van der Waals surface area contributed by atoms with Crippen molar-refractivity contribution in [2.24, 2.45) is 0 Å². The summed E-state index contributed by atoms with van der Waals surface area (Å²) in [5, 5.41) is 2.82. The van der Waals surface area contributed by atoms with Crippen molar-refractivity contribution >= 4 is 21.6 Å². The molecule has 1 aromatic carbocycles. The quantitative estimate of drug-likeness (QED) is 0.617. The molecule has 1 rings (SSSR count). The van der Waals surface area contributed by atoms with E-state index in [1.165, 1.54) is 10.6 Å². The van der Waals surface area contributed by atoms with Gasteiger partial charge in [0, 0.05) is 26.1 Å². The molecule has 0 aliphatic carbocycles. The van der Waals surface area contributed by atoms with Crippen LogP contribution in [0.25, 0.3) is 0 Å². The molecule has 0 unspecified atom stereocenters. The molecule has 0 spiro atoms. The number of sulfonamides is 1. The lowest BCUT2D eigenvalue weighted by molar-refractivity contribution is -0.121. The number of nitrogens with one attached hydrogen (secondary N) is 1. The predicted octanol–water partition coefficient (Wildman–Crippen LogP) is 2.16. The van der Waals surface area contributed by atoms with Gasteiger partial charge in [0.1, 0.15) is 0 Å². The summed E-state index contributed by atoms with van der Waals surface area (Å²) in [7, 11) is -3.36. The molecule has 0 fully saturated rings. The molecule has 0 aliphatic heterocycles. The zero-order chi connectivity index (χ0) is 18.0. The second kappa shape index (κ2) is 10.3. The van der Waals surface area contributed by atoms with Gasteiger partial charge in [-0.1, -0.05) is 18.2 Å². The average Bonchev–Trinajstić information content (AvgIpc) is 2.50. The molecule has 1 aromatic rings. The Labute approximate surface area is 145 Å². The van der Waals surface area contributed by atoms with Gasteiger partial charge in [-0.25, -0.2) is 8.42 Å². The van der Waals surface area contributed by atoms with E-state index in [4.69, 9.17) is 4.74 Å². The molecule has 0 atom stereocenters. The molecule has 0 bridgehead atoms. The van der Waals surface area contributed by atoms with E-state index in [0.29, 0.717) is 31.7 Å². The van der Waals surface area contributed by atoms with Crippen LogP contribution in [0.5, 0.6) is 0 Å². The van der Waals surface area contributed by atoms with Gasteiger partial charge in [-0.15, -0.1) is 0 Å². The van der Waals surface area contributed by atoms with Crippen molar-refractivity contribution in [3.8, 4) is 0 Å². The molecule has 7 heteroatoms. The van der Waals surface area contributed by atoms with Crippen LogP contribution in [0.4, 0.5) is 5.69 Å². The number of nitrogens with zero attached hydrogens (tertiary/aromatic N) is 1. The fourth-order valence-corrected chi connectivity index (χ4v) is 3.14. The van der Waals surface area contributed by atoms with E-state index < -0.39 is 10.0 Å². The van der Waals surface area contributed by atoms with Crippen LogP contribution in [0.15, 0.2) is 30.3 Å². The molecular weight excluding hydrogens is 328 g/mol. The maximum absolute atomic E-state index is 11.9. The lowest BCUT2D eigenvalue weighted by atomic mass is 10.2. The van der Waals surface area contributed by atoms with E-state index >= 15 is 0 Å². The number of para-hydroxylation sites is 1. The number of anilines is 1. The Morgan fingerprint density at radius 1 is 1.21 bits per heavy atom. The molecule has 0 saturated carbocycles. The van der Waals surface area contributed by atoms with Gasteiger partial charge in [-0.2, -0.15) is 0 Å². The van der Waals surface area contributed by atoms with Crippen LogP contribution in [-0.4, -0.2) is 46.4 Å². The molecule has 24 heavy (non-hydrogen) atoms. The number of rotatable bonds is 11. The Morgan fingerprint density at radius 3 is 2.46 bits per heavy atom. The lowest BCUT2D eigenvalue weighted by Gasteiger charge is -2.22. The van der Waals surface area contributed by atoms with Gasteiger partial charge < -0.3 is 10.1 Å². The number of hydrogen-bond acceptors (Lipinski definition) is 4. The molecule has 136 valence electrons. The summed E-state index contributed by atoms with van der Waals surface area (Å²) in [6.07, 6.45) is 2.90. The number of hydrogen-bond donors (Lipinski definition) is 1. The Kier molecular flexibility index (Phi) is 8.78. The first kappa shape index (κ1) is 20.4. The van der Waals surface area contributed by atoms with Crippen LogP contribution in [0.1, 0.15) is 33.1 Å². The van der Waals surface area contributed by atoms with Crippen LogP contribution in [0, 0.1) is 0 Å². The van der Waals surface area contributed by atoms with E-state index in [2.05, 4.69) is 5.32 Å². The smallest absolute Gasteiger partial charge is 0.232 e. The minimum Gasteiger partial charge on any atom is -0.379 e. The topological polar surface area (TPSA) is 75.7 Å². The molecular formula is C17H28N2O4S. The van der Waals surface area contributed by atoms with Crippen LogP contribution in [0.2, 0.25) is 0 Å². The fourth-order valence-electron chi connectivity index (χ4n) is 2.17. The van der Waals surface area contributed by atoms with Gasteiger partial charge >= 0.3 is 0 Å². The molecule has 0 heterocycles. The van der Waals surface area contributed by atoms with E-state index in [-0.39, 0.29) is 18.6 Å². The number of amides is 1. The summed E-state index contributed by atoms with van der Waals surface area (Å²) in [6.45, 7) is 5.41. The highest BCUT2D eigenvalue weighted by atomic mass is 32.2. The van der Waals surface area contributed by atoms with Gasteiger partial charge in [0.05, 0.1) is 18.0 Å². The largest absolute Gasteiger partial charge is 0.379 e. The van der Waals surface area contributed by atoms with Gasteiger partial charge in [-0.3, -0.25) is 9.10 Å². The summed E-state index contributed by atoms with van der Waals surface area (Å²) < 4.78 is 30.6. The molecule has 0 aliphatic rings. The minimum absolute atomic E-state index is 0.0685. The number of carbonyl (C=O) groups excluding carboxylic acids is 1. The second-order valence-corrected chi connectivity index (χ2v) is 7.80. The summed E-state index contributed by atoms with van der Waals surface area (Å²) in [6, 6.07) is 8.91. The van der Waals surface area contributed by atoms with E-state index in [9.17, 15) is 13.2 Å². The Morgan fingerprint density at radius 2 is 1.88 bits per heavy atom. The average molecular weight is 356 g/mol. The Balaban J connectivity index is 2.34. The van der Waals surface area contributed by atoms with Crippen LogP contribution >= 0.6 is 0 Å². The van der Waals surface area contributed by atoms with Crippen molar-refractivity contribution in [2.45, 2.75) is 39.2 Å². The first-order chi connectivity index (χ1) is 11.3. The Hall–Kier alpha value is -1.60. The third-order valence-corrected chi connectivity index (χ3v) is 4.50. The van der Waals surface area contributed by atoms with Crippen LogP contribution in [-0.2, 0) is 19.6 Å².